The molecule has 0 radical (unpaired) electrons. The van der Waals surface area contributed by atoms with Gasteiger partial charge in [-0.15, -0.1) is 0 Å². The Kier molecular flexibility index (Phi) is 5.84. The quantitative estimate of drug-likeness (QED) is 0.463. The Morgan fingerprint density at radius 3 is 2.28 bits per heavy atom. The van der Waals surface area contributed by atoms with Crippen LogP contribution in [-0.4, -0.2) is 4.83 Å². The number of rotatable bonds is 4. The molecule has 3 rings (SSSR count). The fraction of sp³-hybridized carbons (Fsp3) is 0.417. The first-order chi connectivity index (χ1) is 11.9. The van der Waals surface area contributed by atoms with Gasteiger partial charge in [0.15, 0.2) is 0 Å². The molecule has 0 amide bonds. The smallest absolute Gasteiger partial charge is 0.0371 e. The second-order valence-electron chi connectivity index (χ2n) is 7.89. The van der Waals surface area contributed by atoms with Gasteiger partial charge in [0, 0.05) is 10.7 Å². The molecule has 2 atom stereocenters. The van der Waals surface area contributed by atoms with Crippen molar-refractivity contribution in [3.63, 3.8) is 0 Å². The highest BCUT2D eigenvalue weighted by Gasteiger charge is 2.20. The highest BCUT2D eigenvalue weighted by Crippen LogP contribution is 2.36. The van der Waals surface area contributed by atoms with Gasteiger partial charge in [-0.2, -0.15) is 0 Å². The van der Waals surface area contributed by atoms with Crippen molar-refractivity contribution in [2.45, 2.75) is 51.3 Å². The predicted molar refractivity (Wildman–Crippen MR) is 114 cm³/mol. The minimum absolute atomic E-state index is 0.427. The number of benzene rings is 1. The summed E-state index contributed by atoms with van der Waals surface area (Å²) in [7, 11) is 0. The molecule has 25 heavy (non-hydrogen) atoms. The molecule has 2 aliphatic carbocycles. The second kappa shape index (κ2) is 7.91. The van der Waals surface area contributed by atoms with Crippen molar-refractivity contribution >= 4 is 21.5 Å². The van der Waals surface area contributed by atoms with Crippen molar-refractivity contribution in [3.05, 3.63) is 76.9 Å². The lowest BCUT2D eigenvalue weighted by Crippen LogP contribution is -2.11. The van der Waals surface area contributed by atoms with Crippen LogP contribution in [0.3, 0.4) is 0 Å². The van der Waals surface area contributed by atoms with Crippen LogP contribution in [0.25, 0.3) is 5.57 Å². The molecular weight excluding hydrogens is 368 g/mol. The zero-order valence-electron chi connectivity index (χ0n) is 15.8. The SMILES string of the molecule is CC(C)C1=CCC(C2=CC(Br)CC(c3ccc(C(C)C)cc3)=C2)C=C1. The molecule has 0 saturated carbocycles. The molecule has 0 N–H and O–H groups in total. The summed E-state index contributed by atoms with van der Waals surface area (Å²) in [6.45, 7) is 9.03. The maximum Gasteiger partial charge on any atom is 0.0371 e. The average Bonchev–Trinajstić information content (AvgIpc) is 2.61. The fourth-order valence-electron chi connectivity index (χ4n) is 3.61. The molecule has 2 aliphatic rings. The van der Waals surface area contributed by atoms with E-state index in [4.69, 9.17) is 0 Å². The van der Waals surface area contributed by atoms with Gasteiger partial charge in [-0.05, 0) is 52.5 Å². The molecule has 0 fully saturated rings. The van der Waals surface area contributed by atoms with E-state index in [1.807, 2.05) is 0 Å². The van der Waals surface area contributed by atoms with Crippen LogP contribution >= 0.6 is 15.9 Å². The predicted octanol–water partition coefficient (Wildman–Crippen LogP) is 7.45. The fourth-order valence-corrected chi connectivity index (χ4v) is 4.27. The molecule has 1 aromatic carbocycles. The molecular formula is C24H29Br. The third-order valence-electron chi connectivity index (χ3n) is 5.30. The van der Waals surface area contributed by atoms with Gasteiger partial charge < -0.3 is 0 Å². The van der Waals surface area contributed by atoms with Gasteiger partial charge in [0.05, 0.1) is 0 Å². The Hall–Kier alpha value is -1.34. The lowest BCUT2D eigenvalue weighted by Gasteiger charge is -2.25. The van der Waals surface area contributed by atoms with E-state index in [9.17, 15) is 0 Å². The van der Waals surface area contributed by atoms with Gasteiger partial charge in [-0.3, -0.25) is 0 Å². The molecule has 0 bridgehead atoms. The summed E-state index contributed by atoms with van der Waals surface area (Å²) in [5, 5.41) is 0. The minimum Gasteiger partial charge on any atom is -0.0842 e. The number of allylic oxidation sites excluding steroid dienone is 8. The molecule has 0 spiro atoms. The maximum absolute atomic E-state index is 3.85. The molecule has 1 heteroatoms. The van der Waals surface area contributed by atoms with E-state index in [2.05, 4.69) is 98.3 Å². The normalized spacial score (nSPS) is 23.6. The number of halogens is 1. The van der Waals surface area contributed by atoms with E-state index in [0.717, 1.165) is 12.8 Å². The Balaban J connectivity index is 1.81. The van der Waals surface area contributed by atoms with Crippen LogP contribution in [0.4, 0.5) is 0 Å². The largest absolute Gasteiger partial charge is 0.0842 e. The van der Waals surface area contributed by atoms with Crippen LogP contribution < -0.4 is 0 Å². The molecule has 132 valence electrons. The molecule has 0 aliphatic heterocycles. The molecule has 0 nitrogen and oxygen atoms in total. The number of hydrogen-bond acceptors (Lipinski definition) is 0. The molecule has 0 saturated heterocycles. The van der Waals surface area contributed by atoms with E-state index >= 15 is 0 Å². The summed E-state index contributed by atoms with van der Waals surface area (Å²) in [6.07, 6.45) is 14.1. The Labute approximate surface area is 161 Å². The highest BCUT2D eigenvalue weighted by molar-refractivity contribution is 9.09. The van der Waals surface area contributed by atoms with Gasteiger partial charge in [0.1, 0.15) is 0 Å². The van der Waals surface area contributed by atoms with Crippen molar-refractivity contribution in [1.29, 1.82) is 0 Å². The molecule has 0 heterocycles. The van der Waals surface area contributed by atoms with Gasteiger partial charge in [0.2, 0.25) is 0 Å². The van der Waals surface area contributed by atoms with Crippen LogP contribution in [-0.2, 0) is 0 Å². The molecule has 0 aromatic heterocycles. The zero-order valence-corrected chi connectivity index (χ0v) is 17.4. The van der Waals surface area contributed by atoms with Gasteiger partial charge in [-0.1, -0.05) is 98.3 Å². The number of hydrogen-bond donors (Lipinski definition) is 0. The Morgan fingerprint density at radius 2 is 1.72 bits per heavy atom. The van der Waals surface area contributed by atoms with Crippen LogP contribution in [0.15, 0.2) is 65.8 Å². The second-order valence-corrected chi connectivity index (χ2v) is 9.07. The first-order valence-corrected chi connectivity index (χ1v) is 10.4. The van der Waals surface area contributed by atoms with Crippen molar-refractivity contribution in [2.24, 2.45) is 11.8 Å². The standard InChI is InChI=1S/C24H29Br/c1-16(2)18-5-9-20(10-6-18)22-13-23(15-24(25)14-22)21-11-7-19(8-12-21)17(3)4/h5-11,13,15-17,21,24H,12,14H2,1-4H3. The van der Waals surface area contributed by atoms with Gasteiger partial charge in [-0.25, -0.2) is 0 Å². The zero-order chi connectivity index (χ0) is 18.0. The first kappa shape index (κ1) is 18.5. The summed E-state index contributed by atoms with van der Waals surface area (Å²) >= 11 is 3.85. The first-order valence-electron chi connectivity index (χ1n) is 9.49. The topological polar surface area (TPSA) is 0 Å². The van der Waals surface area contributed by atoms with Crippen LogP contribution in [0.5, 0.6) is 0 Å². The summed E-state index contributed by atoms with van der Waals surface area (Å²) in [6, 6.07) is 9.13. The molecule has 1 aromatic rings. The molecule has 2 unspecified atom stereocenters. The van der Waals surface area contributed by atoms with E-state index in [-0.39, 0.29) is 0 Å². The third-order valence-corrected chi connectivity index (χ3v) is 5.89. The maximum atomic E-state index is 3.85. The van der Waals surface area contributed by atoms with Crippen molar-refractivity contribution in [3.8, 4) is 0 Å². The summed E-state index contributed by atoms with van der Waals surface area (Å²) < 4.78 is 0. The van der Waals surface area contributed by atoms with E-state index in [1.165, 1.54) is 27.8 Å². The van der Waals surface area contributed by atoms with Crippen molar-refractivity contribution < 1.29 is 0 Å². The van der Waals surface area contributed by atoms with E-state index < -0.39 is 0 Å². The summed E-state index contributed by atoms with van der Waals surface area (Å²) in [5.74, 6) is 1.71. The van der Waals surface area contributed by atoms with Crippen molar-refractivity contribution in [2.75, 3.05) is 0 Å². The van der Waals surface area contributed by atoms with Gasteiger partial charge in [0.25, 0.3) is 0 Å². The Morgan fingerprint density at radius 1 is 1.00 bits per heavy atom. The summed E-state index contributed by atoms with van der Waals surface area (Å²) in [4.78, 5) is 0.427. The Bertz CT molecular complexity index is 726. The lowest BCUT2D eigenvalue weighted by molar-refractivity contribution is 0.722. The van der Waals surface area contributed by atoms with E-state index in [1.54, 1.807) is 0 Å². The van der Waals surface area contributed by atoms with Crippen molar-refractivity contribution in [1.82, 2.24) is 0 Å². The minimum atomic E-state index is 0.427. The lowest BCUT2D eigenvalue weighted by atomic mass is 9.82. The third kappa shape index (κ3) is 4.44. The van der Waals surface area contributed by atoms with Crippen LogP contribution in [0.1, 0.15) is 57.6 Å². The highest BCUT2D eigenvalue weighted by atomic mass is 79.9. The van der Waals surface area contributed by atoms with Crippen LogP contribution in [0.2, 0.25) is 0 Å². The van der Waals surface area contributed by atoms with Crippen LogP contribution in [0, 0.1) is 11.8 Å². The number of alkyl halides is 1. The van der Waals surface area contributed by atoms with Gasteiger partial charge >= 0.3 is 0 Å². The average molecular weight is 397 g/mol. The summed E-state index contributed by atoms with van der Waals surface area (Å²) in [5.41, 5.74) is 7.13. The monoisotopic (exact) mass is 396 g/mol. The van der Waals surface area contributed by atoms with E-state index in [0.29, 0.717) is 22.6 Å².